The zero-order valence-electron chi connectivity index (χ0n) is 9.44. The summed E-state index contributed by atoms with van der Waals surface area (Å²) in [5.74, 6) is -0.234. The molecule has 0 fully saturated rings. The first kappa shape index (κ1) is 12.0. The van der Waals surface area contributed by atoms with Gasteiger partial charge in [-0.15, -0.1) is 0 Å². The molecule has 1 atom stereocenters. The van der Waals surface area contributed by atoms with Gasteiger partial charge in [-0.3, -0.25) is 14.9 Å². The summed E-state index contributed by atoms with van der Waals surface area (Å²) in [5, 5.41) is 10.7. The van der Waals surface area contributed by atoms with Gasteiger partial charge in [-0.2, -0.15) is 0 Å². The van der Waals surface area contributed by atoms with E-state index in [1.807, 2.05) is 6.07 Å². The Balaban J connectivity index is 2.60. The zero-order valence-corrected chi connectivity index (χ0v) is 11.0. The van der Waals surface area contributed by atoms with Gasteiger partial charge in [0.05, 0.1) is 0 Å². The van der Waals surface area contributed by atoms with Crippen LogP contribution in [0.1, 0.15) is 12.5 Å². The van der Waals surface area contributed by atoms with Gasteiger partial charge in [-0.05, 0) is 30.7 Å². The van der Waals surface area contributed by atoms with Crippen molar-refractivity contribution in [2.75, 3.05) is 18.5 Å². The molecule has 0 spiro atoms. The summed E-state index contributed by atoms with van der Waals surface area (Å²) in [6.45, 7) is 1.23. The van der Waals surface area contributed by atoms with E-state index in [4.69, 9.17) is 0 Å². The van der Waals surface area contributed by atoms with Crippen molar-refractivity contribution in [3.05, 3.63) is 38.3 Å². The van der Waals surface area contributed by atoms with E-state index in [0.29, 0.717) is 5.56 Å². The molecule has 0 N–H and O–H groups in total. The van der Waals surface area contributed by atoms with E-state index in [0.717, 1.165) is 10.2 Å². The molecule has 1 heterocycles. The van der Waals surface area contributed by atoms with Gasteiger partial charge < -0.3 is 4.90 Å². The van der Waals surface area contributed by atoms with Crippen LogP contribution in [0.5, 0.6) is 0 Å². The molecule has 1 unspecified atom stereocenters. The topological polar surface area (TPSA) is 63.5 Å². The summed E-state index contributed by atoms with van der Waals surface area (Å²) in [4.78, 5) is 23.9. The third kappa shape index (κ3) is 1.72. The highest BCUT2D eigenvalue weighted by Gasteiger charge is 2.49. The number of likely N-dealkylation sites (N-methyl/N-ethyl adjacent to an activating group) is 1. The predicted octanol–water partition coefficient (Wildman–Crippen LogP) is 1.96. The fourth-order valence-corrected chi connectivity index (χ4v) is 2.61. The summed E-state index contributed by atoms with van der Waals surface area (Å²) in [6.07, 6.45) is 0. The Kier molecular flexibility index (Phi) is 2.69. The normalized spacial score (nSPS) is 22.8. The molecule has 2 rings (SSSR count). The molecule has 0 saturated heterocycles. The molecule has 1 aliphatic heterocycles. The monoisotopic (exact) mass is 298 g/mol. The maximum absolute atomic E-state index is 12.1. The van der Waals surface area contributed by atoms with Crippen LogP contribution < -0.4 is 4.90 Å². The maximum Gasteiger partial charge on any atom is 0.243 e. The minimum absolute atomic E-state index is 0.234. The van der Waals surface area contributed by atoms with Gasteiger partial charge in [0.15, 0.2) is 0 Å². The van der Waals surface area contributed by atoms with E-state index >= 15 is 0 Å². The highest BCUT2D eigenvalue weighted by Crippen LogP contribution is 2.42. The van der Waals surface area contributed by atoms with Crippen LogP contribution in [0.2, 0.25) is 0 Å². The van der Waals surface area contributed by atoms with Crippen LogP contribution in [-0.2, 0) is 10.2 Å². The molecule has 0 aromatic heterocycles. The van der Waals surface area contributed by atoms with Crippen LogP contribution in [0.15, 0.2) is 22.7 Å². The number of benzene rings is 1. The Morgan fingerprint density at radius 3 is 2.76 bits per heavy atom. The van der Waals surface area contributed by atoms with Crippen molar-refractivity contribution < 1.29 is 9.72 Å². The number of halogens is 1. The Bertz CT molecular complexity index is 517. The average molecular weight is 299 g/mol. The number of anilines is 1. The Morgan fingerprint density at radius 2 is 2.18 bits per heavy atom. The van der Waals surface area contributed by atoms with Gasteiger partial charge in [0.2, 0.25) is 12.5 Å². The van der Waals surface area contributed by atoms with Gasteiger partial charge in [0.1, 0.15) is 5.41 Å². The number of hydrogen-bond acceptors (Lipinski definition) is 3. The van der Waals surface area contributed by atoms with E-state index in [2.05, 4.69) is 15.9 Å². The number of nitrogens with zero attached hydrogens (tertiary/aromatic N) is 2. The van der Waals surface area contributed by atoms with Gasteiger partial charge in [0.25, 0.3) is 0 Å². The molecule has 6 heteroatoms. The second-order valence-corrected chi connectivity index (χ2v) is 5.26. The molecule has 1 aromatic rings. The van der Waals surface area contributed by atoms with Crippen LogP contribution in [0.4, 0.5) is 5.69 Å². The van der Waals surface area contributed by atoms with Crippen molar-refractivity contribution >= 4 is 27.5 Å². The van der Waals surface area contributed by atoms with E-state index in [1.165, 1.54) is 4.90 Å². The second-order valence-electron chi connectivity index (χ2n) is 4.35. The first-order valence-corrected chi connectivity index (χ1v) is 5.85. The van der Waals surface area contributed by atoms with E-state index in [9.17, 15) is 14.9 Å². The summed E-state index contributed by atoms with van der Waals surface area (Å²) < 4.78 is 0.814. The van der Waals surface area contributed by atoms with Crippen molar-refractivity contribution in [2.45, 2.75) is 12.3 Å². The fourth-order valence-electron chi connectivity index (χ4n) is 2.25. The lowest BCUT2D eigenvalue weighted by Crippen LogP contribution is -2.41. The number of nitro groups is 1. The Labute approximate surface area is 107 Å². The van der Waals surface area contributed by atoms with E-state index in [1.54, 1.807) is 26.1 Å². The fraction of sp³-hybridized carbons (Fsp3) is 0.364. The smallest absolute Gasteiger partial charge is 0.243 e. The minimum Gasteiger partial charge on any atom is -0.314 e. The molecular formula is C11H11BrN2O3. The standard InChI is InChI=1S/C11H11BrN2O3/c1-11(6-14(16)17)8-5-7(12)3-4-9(8)13(2)10(11)15/h3-5H,6H2,1-2H3. The molecule has 1 amide bonds. The third-order valence-corrected chi connectivity index (χ3v) is 3.63. The zero-order chi connectivity index (χ0) is 12.8. The lowest BCUT2D eigenvalue weighted by atomic mass is 9.84. The van der Waals surface area contributed by atoms with Crippen molar-refractivity contribution in [3.8, 4) is 0 Å². The van der Waals surface area contributed by atoms with Crippen LogP contribution >= 0.6 is 15.9 Å². The average Bonchev–Trinajstić information content (AvgIpc) is 2.41. The number of fused-ring (bicyclic) bond motifs is 1. The van der Waals surface area contributed by atoms with Crippen LogP contribution in [0.3, 0.4) is 0 Å². The molecule has 17 heavy (non-hydrogen) atoms. The quantitative estimate of drug-likeness (QED) is 0.619. The highest BCUT2D eigenvalue weighted by molar-refractivity contribution is 9.10. The number of rotatable bonds is 2. The molecule has 0 radical (unpaired) electrons. The van der Waals surface area contributed by atoms with Crippen molar-refractivity contribution in [3.63, 3.8) is 0 Å². The highest BCUT2D eigenvalue weighted by atomic mass is 79.9. The first-order chi connectivity index (χ1) is 7.86. The summed E-state index contributed by atoms with van der Waals surface area (Å²) >= 11 is 3.32. The van der Waals surface area contributed by atoms with E-state index < -0.39 is 10.3 Å². The molecular weight excluding hydrogens is 288 g/mol. The van der Waals surface area contributed by atoms with Crippen LogP contribution in [0, 0.1) is 10.1 Å². The summed E-state index contributed by atoms with van der Waals surface area (Å²) in [6, 6.07) is 5.39. The van der Waals surface area contributed by atoms with Gasteiger partial charge in [0, 0.05) is 22.1 Å². The third-order valence-electron chi connectivity index (χ3n) is 3.14. The van der Waals surface area contributed by atoms with Crippen molar-refractivity contribution in [1.82, 2.24) is 0 Å². The molecule has 1 aliphatic rings. The molecule has 1 aromatic carbocycles. The SMILES string of the molecule is CN1C(=O)C(C)(C[N+](=O)[O-])c2cc(Br)ccc21. The largest absolute Gasteiger partial charge is 0.314 e. The van der Waals surface area contributed by atoms with Crippen molar-refractivity contribution in [2.24, 2.45) is 0 Å². The van der Waals surface area contributed by atoms with E-state index in [-0.39, 0.29) is 12.5 Å². The summed E-state index contributed by atoms with van der Waals surface area (Å²) in [7, 11) is 1.64. The number of hydrogen-bond donors (Lipinski definition) is 0. The molecule has 5 nitrogen and oxygen atoms in total. The van der Waals surface area contributed by atoms with Gasteiger partial charge in [-0.1, -0.05) is 15.9 Å². The number of carbonyl (C=O) groups excluding carboxylic acids is 1. The predicted molar refractivity (Wildman–Crippen MR) is 66.8 cm³/mol. The molecule has 0 saturated carbocycles. The molecule has 0 bridgehead atoms. The number of carbonyl (C=O) groups is 1. The van der Waals surface area contributed by atoms with Crippen LogP contribution in [-0.4, -0.2) is 24.4 Å². The van der Waals surface area contributed by atoms with Crippen LogP contribution in [0.25, 0.3) is 0 Å². The maximum atomic E-state index is 12.1. The lowest BCUT2D eigenvalue weighted by molar-refractivity contribution is -0.487. The summed E-state index contributed by atoms with van der Waals surface area (Å²) in [5.41, 5.74) is 0.371. The molecule has 0 aliphatic carbocycles. The minimum atomic E-state index is -1.07. The van der Waals surface area contributed by atoms with Gasteiger partial charge in [-0.25, -0.2) is 0 Å². The van der Waals surface area contributed by atoms with Crippen molar-refractivity contribution in [1.29, 1.82) is 0 Å². The lowest BCUT2D eigenvalue weighted by Gasteiger charge is -2.18. The Morgan fingerprint density at radius 1 is 1.53 bits per heavy atom. The first-order valence-electron chi connectivity index (χ1n) is 5.06. The van der Waals surface area contributed by atoms with Gasteiger partial charge >= 0.3 is 0 Å². The molecule has 90 valence electrons. The number of amides is 1. The second kappa shape index (κ2) is 3.80. The Hall–Kier alpha value is -1.43.